The summed E-state index contributed by atoms with van der Waals surface area (Å²) in [6.45, 7) is 2.39. The van der Waals surface area contributed by atoms with Gasteiger partial charge in [-0.05, 0) is 36.7 Å². The second kappa shape index (κ2) is 8.88. The van der Waals surface area contributed by atoms with Crippen LogP contribution < -0.4 is 15.0 Å². The molecule has 2 aromatic rings. The minimum atomic E-state index is -0.419. The minimum Gasteiger partial charge on any atom is -0.490 e. The Hall–Kier alpha value is -2.60. The molecule has 0 spiro atoms. The third-order valence-corrected chi connectivity index (χ3v) is 3.81. The van der Waals surface area contributed by atoms with Crippen LogP contribution in [0.25, 0.3) is 0 Å². The van der Waals surface area contributed by atoms with Crippen LogP contribution in [0.3, 0.4) is 0 Å². The smallest absolute Gasteiger partial charge is 0.311 e. The number of benzene rings is 2. The average molecular weight is 329 g/mol. The zero-order valence-electron chi connectivity index (χ0n) is 14.1. The predicted octanol–water partition coefficient (Wildman–Crippen LogP) is 3.22. The van der Waals surface area contributed by atoms with Gasteiger partial charge in [-0.1, -0.05) is 24.3 Å². The molecular formula is C18H23N3O3. The van der Waals surface area contributed by atoms with E-state index in [1.165, 1.54) is 12.8 Å². The van der Waals surface area contributed by atoms with Crippen molar-refractivity contribution < 1.29 is 9.66 Å². The Morgan fingerprint density at radius 3 is 2.62 bits per heavy atom. The molecule has 6 nitrogen and oxygen atoms in total. The maximum absolute atomic E-state index is 11.0. The van der Waals surface area contributed by atoms with Crippen molar-refractivity contribution in [1.82, 2.24) is 5.32 Å². The van der Waals surface area contributed by atoms with Crippen LogP contribution in [0, 0.1) is 10.1 Å². The molecular weight excluding hydrogens is 306 g/mol. The van der Waals surface area contributed by atoms with Crippen molar-refractivity contribution in [3.05, 3.63) is 64.2 Å². The lowest BCUT2D eigenvalue weighted by Crippen LogP contribution is -2.23. The van der Waals surface area contributed by atoms with Gasteiger partial charge in [-0.3, -0.25) is 10.1 Å². The fourth-order valence-corrected chi connectivity index (χ4v) is 2.47. The van der Waals surface area contributed by atoms with Crippen LogP contribution in [0.1, 0.15) is 12.0 Å². The van der Waals surface area contributed by atoms with E-state index in [9.17, 15) is 10.1 Å². The van der Waals surface area contributed by atoms with Gasteiger partial charge in [0.2, 0.25) is 0 Å². The molecule has 6 heteroatoms. The fraction of sp³-hybridized carbons (Fsp3) is 0.333. The number of anilines is 1. The largest absolute Gasteiger partial charge is 0.490 e. The lowest BCUT2D eigenvalue weighted by atomic mass is 10.2. The molecule has 0 amide bonds. The molecule has 0 aliphatic heterocycles. The van der Waals surface area contributed by atoms with Gasteiger partial charge < -0.3 is 15.0 Å². The Morgan fingerprint density at radius 2 is 1.96 bits per heavy atom. The molecule has 0 unspecified atom stereocenters. The van der Waals surface area contributed by atoms with Gasteiger partial charge in [-0.2, -0.15) is 0 Å². The van der Waals surface area contributed by atoms with Crippen LogP contribution >= 0.6 is 0 Å². The molecule has 0 fully saturated rings. The molecule has 0 saturated heterocycles. The molecule has 2 aromatic carbocycles. The first-order chi connectivity index (χ1) is 11.6. The van der Waals surface area contributed by atoms with E-state index in [1.54, 1.807) is 12.1 Å². The molecule has 0 aromatic heterocycles. The molecule has 0 heterocycles. The Kier molecular flexibility index (Phi) is 6.57. The van der Waals surface area contributed by atoms with Crippen molar-refractivity contribution in [2.24, 2.45) is 0 Å². The van der Waals surface area contributed by atoms with Crippen molar-refractivity contribution in [2.75, 3.05) is 32.1 Å². The standard InChI is InChI=1S/C18H23N3O3/c1-20(16-7-4-3-5-8-16)12-6-11-19-14-15-9-10-18(24-2)17(13-15)21(22)23/h3-5,7-10,13,19H,6,11-12,14H2,1-2H3. The van der Waals surface area contributed by atoms with Gasteiger partial charge in [0.25, 0.3) is 0 Å². The van der Waals surface area contributed by atoms with E-state index < -0.39 is 4.92 Å². The van der Waals surface area contributed by atoms with Gasteiger partial charge in [0.1, 0.15) is 0 Å². The van der Waals surface area contributed by atoms with Crippen molar-refractivity contribution in [3.63, 3.8) is 0 Å². The summed E-state index contributed by atoms with van der Waals surface area (Å²) < 4.78 is 5.01. The Bertz CT molecular complexity index is 662. The lowest BCUT2D eigenvalue weighted by molar-refractivity contribution is -0.385. The first-order valence-electron chi connectivity index (χ1n) is 7.90. The zero-order valence-corrected chi connectivity index (χ0v) is 14.1. The summed E-state index contributed by atoms with van der Waals surface area (Å²) in [6.07, 6.45) is 0.990. The Labute approximate surface area is 142 Å². The number of nitro groups is 1. The molecule has 0 aliphatic rings. The first-order valence-corrected chi connectivity index (χ1v) is 7.90. The van der Waals surface area contributed by atoms with E-state index in [0.717, 1.165) is 25.1 Å². The highest BCUT2D eigenvalue weighted by Gasteiger charge is 2.14. The zero-order chi connectivity index (χ0) is 17.4. The van der Waals surface area contributed by atoms with Crippen LogP contribution in [0.5, 0.6) is 5.75 Å². The van der Waals surface area contributed by atoms with Crippen LogP contribution in [0.2, 0.25) is 0 Å². The van der Waals surface area contributed by atoms with Crippen LogP contribution in [0.15, 0.2) is 48.5 Å². The summed E-state index contributed by atoms with van der Waals surface area (Å²) in [7, 11) is 3.51. The first kappa shape index (κ1) is 17.7. The van der Waals surface area contributed by atoms with Crippen molar-refractivity contribution in [3.8, 4) is 5.75 Å². The summed E-state index contributed by atoms with van der Waals surface area (Å²) >= 11 is 0. The van der Waals surface area contributed by atoms with Crippen LogP contribution in [0.4, 0.5) is 11.4 Å². The van der Waals surface area contributed by atoms with Gasteiger partial charge in [0, 0.05) is 31.9 Å². The third kappa shape index (κ3) is 4.96. The van der Waals surface area contributed by atoms with E-state index in [2.05, 4.69) is 29.4 Å². The molecule has 24 heavy (non-hydrogen) atoms. The number of hydrogen-bond donors (Lipinski definition) is 1. The van der Waals surface area contributed by atoms with E-state index >= 15 is 0 Å². The molecule has 128 valence electrons. The number of ether oxygens (including phenoxy) is 1. The van der Waals surface area contributed by atoms with Gasteiger partial charge in [0.15, 0.2) is 5.75 Å². The topological polar surface area (TPSA) is 67.6 Å². The van der Waals surface area contributed by atoms with E-state index in [0.29, 0.717) is 6.54 Å². The second-order valence-electron chi connectivity index (χ2n) is 5.55. The van der Waals surface area contributed by atoms with Crippen molar-refractivity contribution in [1.29, 1.82) is 0 Å². The molecule has 1 N–H and O–H groups in total. The van der Waals surface area contributed by atoms with Gasteiger partial charge >= 0.3 is 5.69 Å². The SMILES string of the molecule is COc1ccc(CNCCCN(C)c2ccccc2)cc1[N+](=O)[O-]. The quantitative estimate of drug-likeness (QED) is 0.435. The molecule has 0 atom stereocenters. The normalized spacial score (nSPS) is 10.4. The number of methoxy groups -OCH3 is 1. The van der Waals surface area contributed by atoms with E-state index in [4.69, 9.17) is 4.74 Å². The van der Waals surface area contributed by atoms with Gasteiger partial charge in [-0.25, -0.2) is 0 Å². The van der Waals surface area contributed by atoms with E-state index in [1.807, 2.05) is 24.3 Å². The summed E-state index contributed by atoms with van der Waals surface area (Å²) in [5, 5.41) is 14.3. The van der Waals surface area contributed by atoms with Crippen LogP contribution in [-0.2, 0) is 6.54 Å². The maximum atomic E-state index is 11.0. The third-order valence-electron chi connectivity index (χ3n) is 3.81. The number of rotatable bonds is 9. The Morgan fingerprint density at radius 1 is 1.21 bits per heavy atom. The monoisotopic (exact) mass is 329 g/mol. The van der Waals surface area contributed by atoms with Crippen LogP contribution in [-0.4, -0.2) is 32.2 Å². The fourth-order valence-electron chi connectivity index (χ4n) is 2.47. The molecule has 2 rings (SSSR count). The summed E-state index contributed by atoms with van der Waals surface area (Å²) in [5.74, 6) is 0.285. The Balaban J connectivity index is 1.76. The summed E-state index contributed by atoms with van der Waals surface area (Å²) in [5.41, 5.74) is 2.07. The number of nitrogens with zero attached hydrogens (tertiary/aromatic N) is 2. The molecule has 0 aliphatic carbocycles. The van der Waals surface area contributed by atoms with Crippen molar-refractivity contribution in [2.45, 2.75) is 13.0 Å². The molecule has 0 saturated carbocycles. The maximum Gasteiger partial charge on any atom is 0.311 e. The average Bonchev–Trinajstić information content (AvgIpc) is 2.61. The highest BCUT2D eigenvalue weighted by Crippen LogP contribution is 2.27. The number of nitro benzene ring substituents is 1. The summed E-state index contributed by atoms with van der Waals surface area (Å²) in [6, 6.07) is 15.3. The summed E-state index contributed by atoms with van der Waals surface area (Å²) in [4.78, 5) is 12.8. The number of para-hydroxylation sites is 1. The number of hydrogen-bond acceptors (Lipinski definition) is 5. The predicted molar refractivity (Wildman–Crippen MR) is 95.7 cm³/mol. The van der Waals surface area contributed by atoms with Crippen molar-refractivity contribution >= 4 is 11.4 Å². The van der Waals surface area contributed by atoms with Gasteiger partial charge in [0.05, 0.1) is 12.0 Å². The minimum absolute atomic E-state index is 0.000566. The highest BCUT2D eigenvalue weighted by atomic mass is 16.6. The molecule has 0 bridgehead atoms. The number of nitrogens with one attached hydrogen (secondary N) is 1. The lowest BCUT2D eigenvalue weighted by Gasteiger charge is -2.19. The second-order valence-corrected chi connectivity index (χ2v) is 5.55. The van der Waals surface area contributed by atoms with E-state index in [-0.39, 0.29) is 11.4 Å². The highest BCUT2D eigenvalue weighted by molar-refractivity contribution is 5.48. The van der Waals surface area contributed by atoms with Gasteiger partial charge in [-0.15, -0.1) is 0 Å². The molecule has 0 radical (unpaired) electrons.